The van der Waals surface area contributed by atoms with Crippen LogP contribution in [-0.2, 0) is 0 Å². The summed E-state index contributed by atoms with van der Waals surface area (Å²) in [5.74, 6) is 1.21. The lowest BCUT2D eigenvalue weighted by Crippen LogP contribution is -2.12. The molecule has 116 valence electrons. The second-order valence-corrected chi connectivity index (χ2v) is 5.72. The molecule has 0 aliphatic heterocycles. The number of amides is 1. The molecule has 0 bridgehead atoms. The Morgan fingerprint density at radius 1 is 1.26 bits per heavy atom. The maximum Gasteiger partial charge on any atom is 0.257 e. The van der Waals surface area contributed by atoms with E-state index in [9.17, 15) is 4.79 Å². The first-order chi connectivity index (χ1) is 11.2. The molecule has 1 amide bonds. The monoisotopic (exact) mass is 308 g/mol. The van der Waals surface area contributed by atoms with E-state index in [0.29, 0.717) is 28.8 Å². The van der Waals surface area contributed by atoms with Crippen LogP contribution in [0.1, 0.15) is 29.1 Å². The first-order valence-corrected chi connectivity index (χ1v) is 7.58. The Morgan fingerprint density at radius 2 is 2.13 bits per heavy atom. The van der Waals surface area contributed by atoms with Gasteiger partial charge in [0, 0.05) is 24.8 Å². The molecule has 0 spiro atoms. The molecule has 0 saturated heterocycles. The highest BCUT2D eigenvalue weighted by Crippen LogP contribution is 2.24. The molecule has 6 heteroatoms. The number of aromatic nitrogens is 2. The summed E-state index contributed by atoms with van der Waals surface area (Å²) in [6, 6.07) is 9.52. The average Bonchev–Trinajstić information content (AvgIpc) is 3.27. The van der Waals surface area contributed by atoms with E-state index in [1.807, 2.05) is 6.07 Å². The molecule has 2 heterocycles. The van der Waals surface area contributed by atoms with Gasteiger partial charge in [0.05, 0.1) is 5.56 Å². The first kappa shape index (κ1) is 13.8. The van der Waals surface area contributed by atoms with Crippen LogP contribution in [0.2, 0.25) is 0 Å². The fourth-order valence-corrected chi connectivity index (χ4v) is 2.37. The van der Waals surface area contributed by atoms with E-state index in [1.54, 1.807) is 37.4 Å². The summed E-state index contributed by atoms with van der Waals surface area (Å²) in [5.41, 5.74) is 2.62. The Kier molecular flexibility index (Phi) is 3.22. The molecule has 6 nitrogen and oxygen atoms in total. The van der Waals surface area contributed by atoms with Crippen LogP contribution < -0.4 is 10.6 Å². The summed E-state index contributed by atoms with van der Waals surface area (Å²) in [6.07, 6.45) is 3.96. The number of aryl methyl sites for hydroxylation is 1. The molecule has 0 atom stereocenters. The third-order valence-corrected chi connectivity index (χ3v) is 3.71. The van der Waals surface area contributed by atoms with Gasteiger partial charge in [-0.05, 0) is 43.2 Å². The topological polar surface area (TPSA) is 80.0 Å². The second-order valence-electron chi connectivity index (χ2n) is 5.72. The number of carbonyl (C=O) groups excluding carboxylic acids is 1. The van der Waals surface area contributed by atoms with Crippen molar-refractivity contribution in [2.24, 2.45) is 0 Å². The van der Waals surface area contributed by atoms with Crippen LogP contribution in [0.25, 0.3) is 11.1 Å². The molecule has 4 rings (SSSR count). The maximum absolute atomic E-state index is 12.3. The van der Waals surface area contributed by atoms with Crippen LogP contribution in [0.4, 0.5) is 11.5 Å². The van der Waals surface area contributed by atoms with Crippen molar-refractivity contribution in [1.82, 2.24) is 9.97 Å². The van der Waals surface area contributed by atoms with Gasteiger partial charge in [0.25, 0.3) is 5.91 Å². The lowest BCUT2D eigenvalue weighted by molar-refractivity contribution is 0.102. The number of anilines is 2. The standard InChI is InChI=1S/C17H16N4O2/c1-10-19-14-8-13(5-6-15(14)23-10)21-17(22)11-2-7-16(18-9-11)20-12-3-4-12/h2,5-9,12H,3-4H2,1H3,(H,18,20)(H,21,22). The van der Waals surface area contributed by atoms with Crippen molar-refractivity contribution in [2.45, 2.75) is 25.8 Å². The minimum atomic E-state index is -0.199. The zero-order valence-corrected chi connectivity index (χ0v) is 12.7. The number of pyridine rings is 1. The Hall–Kier alpha value is -2.89. The molecule has 2 N–H and O–H groups in total. The third kappa shape index (κ3) is 3.01. The zero-order valence-electron chi connectivity index (χ0n) is 12.7. The Balaban J connectivity index is 1.48. The smallest absolute Gasteiger partial charge is 0.257 e. The third-order valence-electron chi connectivity index (χ3n) is 3.71. The van der Waals surface area contributed by atoms with E-state index >= 15 is 0 Å². The van der Waals surface area contributed by atoms with Crippen molar-refractivity contribution in [1.29, 1.82) is 0 Å². The van der Waals surface area contributed by atoms with Gasteiger partial charge in [0.1, 0.15) is 11.3 Å². The molecular weight excluding hydrogens is 292 g/mol. The number of rotatable bonds is 4. The van der Waals surface area contributed by atoms with Gasteiger partial charge < -0.3 is 15.1 Å². The number of nitrogens with one attached hydrogen (secondary N) is 2. The van der Waals surface area contributed by atoms with Crippen molar-refractivity contribution in [3.05, 3.63) is 48.0 Å². The lowest BCUT2D eigenvalue weighted by atomic mass is 10.2. The summed E-state index contributed by atoms with van der Waals surface area (Å²) in [6.45, 7) is 1.79. The van der Waals surface area contributed by atoms with Gasteiger partial charge in [-0.2, -0.15) is 0 Å². The second kappa shape index (κ2) is 5.39. The van der Waals surface area contributed by atoms with Crippen LogP contribution in [0.15, 0.2) is 40.9 Å². The van der Waals surface area contributed by atoms with Crippen molar-refractivity contribution < 1.29 is 9.21 Å². The quantitative estimate of drug-likeness (QED) is 0.772. The van der Waals surface area contributed by atoms with Crippen LogP contribution in [0, 0.1) is 6.92 Å². The summed E-state index contributed by atoms with van der Waals surface area (Å²) < 4.78 is 5.42. The highest BCUT2D eigenvalue weighted by atomic mass is 16.3. The van der Waals surface area contributed by atoms with E-state index in [1.165, 1.54) is 12.8 Å². The van der Waals surface area contributed by atoms with Gasteiger partial charge in [0.15, 0.2) is 11.5 Å². The molecule has 1 aromatic carbocycles. The number of hydrogen-bond donors (Lipinski definition) is 2. The number of fused-ring (bicyclic) bond motifs is 1. The van der Waals surface area contributed by atoms with Gasteiger partial charge >= 0.3 is 0 Å². The van der Waals surface area contributed by atoms with E-state index in [4.69, 9.17) is 4.42 Å². The normalized spacial score (nSPS) is 14.0. The maximum atomic E-state index is 12.3. The number of nitrogens with zero attached hydrogens (tertiary/aromatic N) is 2. The molecule has 0 unspecified atom stereocenters. The molecule has 0 radical (unpaired) electrons. The van der Waals surface area contributed by atoms with Crippen LogP contribution >= 0.6 is 0 Å². The summed E-state index contributed by atoms with van der Waals surface area (Å²) >= 11 is 0. The predicted molar refractivity (Wildman–Crippen MR) is 87.6 cm³/mol. The highest BCUT2D eigenvalue weighted by molar-refractivity contribution is 6.04. The minimum Gasteiger partial charge on any atom is -0.441 e. The van der Waals surface area contributed by atoms with E-state index in [2.05, 4.69) is 20.6 Å². The minimum absolute atomic E-state index is 0.199. The molecule has 2 aromatic heterocycles. The number of hydrogen-bond acceptors (Lipinski definition) is 5. The first-order valence-electron chi connectivity index (χ1n) is 7.58. The van der Waals surface area contributed by atoms with E-state index < -0.39 is 0 Å². The molecule has 1 fully saturated rings. The largest absolute Gasteiger partial charge is 0.441 e. The average molecular weight is 308 g/mol. The highest BCUT2D eigenvalue weighted by Gasteiger charge is 2.21. The van der Waals surface area contributed by atoms with Crippen molar-refractivity contribution in [3.8, 4) is 0 Å². The van der Waals surface area contributed by atoms with E-state index in [-0.39, 0.29) is 5.91 Å². The van der Waals surface area contributed by atoms with Gasteiger partial charge in [-0.15, -0.1) is 0 Å². The van der Waals surface area contributed by atoms with Crippen LogP contribution in [0.3, 0.4) is 0 Å². The van der Waals surface area contributed by atoms with Crippen molar-refractivity contribution >= 4 is 28.5 Å². The van der Waals surface area contributed by atoms with Crippen molar-refractivity contribution in [2.75, 3.05) is 10.6 Å². The predicted octanol–water partition coefficient (Wildman–Crippen LogP) is 3.36. The molecular formula is C17H16N4O2. The number of benzene rings is 1. The molecule has 1 saturated carbocycles. The Labute approximate surface area is 132 Å². The fourth-order valence-electron chi connectivity index (χ4n) is 2.37. The van der Waals surface area contributed by atoms with Crippen molar-refractivity contribution in [3.63, 3.8) is 0 Å². The summed E-state index contributed by atoms with van der Waals surface area (Å²) in [5, 5.41) is 6.14. The SMILES string of the molecule is Cc1nc2cc(NC(=O)c3ccc(NC4CC4)nc3)ccc2o1. The van der Waals surface area contributed by atoms with Crippen LogP contribution in [-0.4, -0.2) is 21.9 Å². The Morgan fingerprint density at radius 3 is 2.87 bits per heavy atom. The molecule has 1 aliphatic carbocycles. The fraction of sp³-hybridized carbons (Fsp3) is 0.235. The van der Waals surface area contributed by atoms with Gasteiger partial charge in [-0.3, -0.25) is 4.79 Å². The molecule has 23 heavy (non-hydrogen) atoms. The lowest BCUT2D eigenvalue weighted by Gasteiger charge is -2.06. The summed E-state index contributed by atoms with van der Waals surface area (Å²) in [7, 11) is 0. The number of carbonyl (C=O) groups is 1. The summed E-state index contributed by atoms with van der Waals surface area (Å²) in [4.78, 5) is 20.8. The van der Waals surface area contributed by atoms with Gasteiger partial charge in [-0.25, -0.2) is 9.97 Å². The zero-order chi connectivity index (χ0) is 15.8. The Bertz CT molecular complexity index is 866. The van der Waals surface area contributed by atoms with Gasteiger partial charge in [-0.1, -0.05) is 0 Å². The van der Waals surface area contributed by atoms with E-state index in [0.717, 1.165) is 11.3 Å². The van der Waals surface area contributed by atoms with Gasteiger partial charge in [0.2, 0.25) is 0 Å². The molecule has 1 aliphatic rings. The van der Waals surface area contributed by atoms with Crippen LogP contribution in [0.5, 0.6) is 0 Å². The number of oxazole rings is 1. The molecule has 3 aromatic rings.